The smallest absolute Gasteiger partial charge is 0.234 e. The third kappa shape index (κ3) is 3.57. The summed E-state index contributed by atoms with van der Waals surface area (Å²) in [4.78, 5) is 9.12. The zero-order valence-electron chi connectivity index (χ0n) is 17.7. The van der Waals surface area contributed by atoms with Crippen LogP contribution in [0.15, 0.2) is 52.9 Å². The van der Waals surface area contributed by atoms with Gasteiger partial charge in [0.2, 0.25) is 24.3 Å². The van der Waals surface area contributed by atoms with E-state index in [1.807, 2.05) is 12.1 Å². The lowest BCUT2D eigenvalue weighted by molar-refractivity contribution is 0.174. The fourth-order valence-corrected chi connectivity index (χ4v) is 4.72. The lowest BCUT2D eigenvalue weighted by Gasteiger charge is -2.34. The Labute approximate surface area is 186 Å². The van der Waals surface area contributed by atoms with Crippen molar-refractivity contribution in [2.45, 2.75) is 24.8 Å². The Kier molecular flexibility index (Phi) is 4.73. The van der Waals surface area contributed by atoms with E-state index in [1.54, 1.807) is 0 Å². The zero-order valence-corrected chi connectivity index (χ0v) is 17.7. The van der Waals surface area contributed by atoms with E-state index in [9.17, 15) is 5.26 Å². The number of rotatable bonds is 5. The number of hydrogen-bond donors (Lipinski definition) is 0. The van der Waals surface area contributed by atoms with Crippen molar-refractivity contribution in [3.63, 3.8) is 0 Å². The molecule has 3 aromatic rings. The highest BCUT2D eigenvalue weighted by atomic mass is 16.7. The first kappa shape index (κ1) is 19.2. The summed E-state index contributed by atoms with van der Waals surface area (Å²) in [5.74, 6) is 3.67. The molecule has 1 saturated carbocycles. The largest absolute Gasteiger partial charge is 0.454 e. The van der Waals surface area contributed by atoms with Gasteiger partial charge in [0.05, 0.1) is 0 Å². The van der Waals surface area contributed by atoms with Crippen LogP contribution in [0.1, 0.15) is 41.0 Å². The average molecular weight is 428 g/mol. The van der Waals surface area contributed by atoms with E-state index >= 15 is 0 Å². The molecule has 3 heterocycles. The second kappa shape index (κ2) is 7.88. The molecule has 2 aliphatic heterocycles. The van der Waals surface area contributed by atoms with Crippen molar-refractivity contribution in [3.05, 3.63) is 71.2 Å². The van der Waals surface area contributed by atoms with Gasteiger partial charge in [0.1, 0.15) is 6.07 Å². The minimum Gasteiger partial charge on any atom is -0.454 e. The number of nitriles is 1. The van der Waals surface area contributed by atoms with Crippen molar-refractivity contribution >= 4 is 5.88 Å². The van der Waals surface area contributed by atoms with Gasteiger partial charge >= 0.3 is 0 Å². The molecule has 0 N–H and O–H groups in total. The molecule has 2 aromatic carbocycles. The van der Waals surface area contributed by atoms with Gasteiger partial charge < -0.3 is 18.8 Å². The summed E-state index contributed by atoms with van der Waals surface area (Å²) in [6.45, 7) is 4.56. The van der Waals surface area contributed by atoms with Crippen LogP contribution in [0, 0.1) is 11.3 Å². The number of benzene rings is 2. The quantitative estimate of drug-likeness (QED) is 0.611. The van der Waals surface area contributed by atoms with E-state index < -0.39 is 0 Å². The lowest BCUT2D eigenvalue weighted by atomic mass is 10.1. The van der Waals surface area contributed by atoms with Gasteiger partial charge in [-0.05, 0) is 35.6 Å². The molecule has 0 spiro atoms. The molecule has 2 fully saturated rings. The first-order chi connectivity index (χ1) is 15.8. The minimum absolute atomic E-state index is 0.269. The fraction of sp³-hybridized carbons (Fsp3) is 0.360. The fourth-order valence-electron chi connectivity index (χ4n) is 4.72. The Hall–Kier alpha value is -3.50. The van der Waals surface area contributed by atoms with E-state index in [1.165, 1.54) is 11.1 Å². The number of anilines is 1. The van der Waals surface area contributed by atoms with Crippen molar-refractivity contribution in [2.75, 3.05) is 37.9 Å². The van der Waals surface area contributed by atoms with E-state index in [0.717, 1.165) is 50.6 Å². The topological polar surface area (TPSA) is 74.8 Å². The molecule has 1 aliphatic carbocycles. The number of fused-ring (bicyclic) bond motifs is 1. The number of ether oxygens (including phenoxy) is 2. The number of aromatic nitrogens is 1. The van der Waals surface area contributed by atoms with Crippen LogP contribution < -0.4 is 14.4 Å². The van der Waals surface area contributed by atoms with E-state index in [4.69, 9.17) is 13.9 Å². The van der Waals surface area contributed by atoms with E-state index in [-0.39, 0.29) is 5.92 Å². The molecule has 2 unspecified atom stereocenters. The maximum atomic E-state index is 9.64. The summed E-state index contributed by atoms with van der Waals surface area (Å²) in [5.41, 5.74) is 2.93. The van der Waals surface area contributed by atoms with Crippen molar-refractivity contribution in [1.82, 2.24) is 9.88 Å². The van der Waals surface area contributed by atoms with Crippen LogP contribution in [0.5, 0.6) is 11.5 Å². The summed E-state index contributed by atoms with van der Waals surface area (Å²) < 4.78 is 17.1. The van der Waals surface area contributed by atoms with Crippen molar-refractivity contribution < 1.29 is 13.9 Å². The van der Waals surface area contributed by atoms with Crippen LogP contribution in [-0.4, -0.2) is 42.9 Å². The van der Waals surface area contributed by atoms with Gasteiger partial charge in [-0.1, -0.05) is 36.4 Å². The SMILES string of the molecule is N#Cc1nc(C2CC2c2ccccc2)oc1N1CCN(Cc2ccc3c(c2)OCO3)CC1. The van der Waals surface area contributed by atoms with Crippen LogP contribution in [0.3, 0.4) is 0 Å². The first-order valence-corrected chi connectivity index (χ1v) is 11.1. The molecule has 3 aliphatic rings. The molecule has 1 saturated heterocycles. The summed E-state index contributed by atoms with van der Waals surface area (Å²) in [6.07, 6.45) is 1.03. The Bertz CT molecular complexity index is 1160. The molecule has 0 amide bonds. The Morgan fingerprint density at radius 2 is 1.78 bits per heavy atom. The maximum Gasteiger partial charge on any atom is 0.234 e. The minimum atomic E-state index is 0.269. The Morgan fingerprint density at radius 3 is 2.59 bits per heavy atom. The monoisotopic (exact) mass is 428 g/mol. The second-order valence-electron chi connectivity index (χ2n) is 8.63. The normalized spacial score (nSPS) is 22.0. The van der Waals surface area contributed by atoms with Crippen LogP contribution >= 0.6 is 0 Å². The highest BCUT2D eigenvalue weighted by Crippen LogP contribution is 2.54. The van der Waals surface area contributed by atoms with Gasteiger partial charge in [-0.2, -0.15) is 5.26 Å². The summed E-state index contributed by atoms with van der Waals surface area (Å²) in [6, 6.07) is 18.8. The summed E-state index contributed by atoms with van der Waals surface area (Å²) in [5, 5.41) is 9.64. The van der Waals surface area contributed by atoms with Crippen molar-refractivity contribution in [1.29, 1.82) is 5.26 Å². The lowest BCUT2D eigenvalue weighted by Crippen LogP contribution is -2.46. The van der Waals surface area contributed by atoms with Gasteiger partial charge in [0.15, 0.2) is 11.5 Å². The molecule has 2 atom stereocenters. The highest BCUT2D eigenvalue weighted by Gasteiger charge is 2.44. The molecule has 0 bridgehead atoms. The highest BCUT2D eigenvalue weighted by molar-refractivity contribution is 5.49. The first-order valence-electron chi connectivity index (χ1n) is 11.1. The molecule has 7 heteroatoms. The third-order valence-corrected chi connectivity index (χ3v) is 6.57. The zero-order chi connectivity index (χ0) is 21.5. The van der Waals surface area contributed by atoms with Gasteiger partial charge in [-0.25, -0.2) is 4.98 Å². The number of nitrogens with zero attached hydrogens (tertiary/aromatic N) is 4. The second-order valence-corrected chi connectivity index (χ2v) is 8.63. The van der Waals surface area contributed by atoms with Crippen molar-refractivity contribution in [3.8, 4) is 17.6 Å². The predicted octanol–water partition coefficient (Wildman–Crippen LogP) is 3.87. The third-order valence-electron chi connectivity index (χ3n) is 6.57. The number of piperazine rings is 1. The van der Waals surface area contributed by atoms with Crippen LogP contribution in [-0.2, 0) is 6.54 Å². The molecule has 0 radical (unpaired) electrons. The van der Waals surface area contributed by atoms with Crippen LogP contribution in [0.25, 0.3) is 0 Å². The van der Waals surface area contributed by atoms with Gasteiger partial charge in [-0.3, -0.25) is 4.90 Å². The summed E-state index contributed by atoms with van der Waals surface area (Å²) in [7, 11) is 0. The number of hydrogen-bond acceptors (Lipinski definition) is 7. The Morgan fingerprint density at radius 1 is 0.969 bits per heavy atom. The average Bonchev–Trinajstić information content (AvgIpc) is 3.30. The van der Waals surface area contributed by atoms with Gasteiger partial charge in [-0.15, -0.1) is 0 Å². The molecular weight excluding hydrogens is 404 g/mol. The van der Waals surface area contributed by atoms with Crippen LogP contribution in [0.2, 0.25) is 0 Å². The molecule has 32 heavy (non-hydrogen) atoms. The molecular formula is C25H24N4O3. The summed E-state index contributed by atoms with van der Waals surface area (Å²) >= 11 is 0. The standard InChI is InChI=1S/C25H24N4O3/c26-14-21-25(32-24(27-21)20-13-19(20)18-4-2-1-3-5-18)29-10-8-28(9-11-29)15-17-6-7-22-23(12-17)31-16-30-22/h1-7,12,19-20H,8-11,13,15-16H2. The van der Waals surface area contributed by atoms with Crippen LogP contribution in [0.4, 0.5) is 5.88 Å². The van der Waals surface area contributed by atoms with E-state index in [0.29, 0.717) is 30.2 Å². The van der Waals surface area contributed by atoms with Gasteiger partial charge in [0.25, 0.3) is 0 Å². The predicted molar refractivity (Wildman–Crippen MR) is 118 cm³/mol. The van der Waals surface area contributed by atoms with Crippen molar-refractivity contribution in [2.24, 2.45) is 0 Å². The molecule has 1 aromatic heterocycles. The van der Waals surface area contributed by atoms with Gasteiger partial charge in [0, 0.05) is 38.6 Å². The molecule has 7 nitrogen and oxygen atoms in total. The number of oxazole rings is 1. The Balaban J connectivity index is 1.10. The molecule has 162 valence electrons. The maximum absolute atomic E-state index is 9.64. The van der Waals surface area contributed by atoms with E-state index in [2.05, 4.69) is 57.3 Å². The molecule has 6 rings (SSSR count).